The molecule has 0 aromatic heterocycles. The van der Waals surface area contributed by atoms with Crippen LogP contribution in [0.25, 0.3) is 0 Å². The Bertz CT molecular complexity index is 379. The first-order valence-corrected chi connectivity index (χ1v) is 7.23. The molecule has 3 rings (SSSR count). The summed E-state index contributed by atoms with van der Waals surface area (Å²) in [7, 11) is 0. The maximum atomic E-state index is 2.56. The lowest BCUT2D eigenvalue weighted by molar-refractivity contribution is 0.292. The topological polar surface area (TPSA) is 0 Å². The largest absolute Gasteiger partial charge is 0.0856 e. The average Bonchev–Trinajstić information content (AvgIpc) is 2.89. The van der Waals surface area contributed by atoms with Gasteiger partial charge in [0.15, 0.2) is 0 Å². The number of hydrogen-bond donors (Lipinski definition) is 0. The van der Waals surface area contributed by atoms with Crippen LogP contribution >= 0.6 is 0 Å². The molecule has 1 saturated carbocycles. The summed E-state index contributed by atoms with van der Waals surface area (Å²) in [4.78, 5) is 0. The SMILES string of the molecule is CC(C)=CCCC1=CCC2C3C=CC(C3)C2C1. The third-order valence-electron chi connectivity index (χ3n) is 4.99. The second-order valence-electron chi connectivity index (χ2n) is 6.40. The molecule has 3 aliphatic carbocycles. The summed E-state index contributed by atoms with van der Waals surface area (Å²) in [5.41, 5.74) is 3.20. The fourth-order valence-corrected chi connectivity index (χ4v) is 4.12. The van der Waals surface area contributed by atoms with E-state index >= 15 is 0 Å². The summed E-state index contributed by atoms with van der Waals surface area (Å²) < 4.78 is 0. The highest BCUT2D eigenvalue weighted by Gasteiger charge is 2.44. The van der Waals surface area contributed by atoms with Gasteiger partial charge in [-0.05, 0) is 69.6 Å². The van der Waals surface area contributed by atoms with Crippen LogP contribution in [0, 0.1) is 23.7 Å². The number of allylic oxidation sites excluding steroid dienone is 6. The van der Waals surface area contributed by atoms with Crippen molar-refractivity contribution in [2.45, 2.75) is 46.0 Å². The van der Waals surface area contributed by atoms with Crippen LogP contribution < -0.4 is 0 Å². The van der Waals surface area contributed by atoms with Crippen molar-refractivity contribution >= 4 is 0 Å². The van der Waals surface area contributed by atoms with E-state index < -0.39 is 0 Å². The van der Waals surface area contributed by atoms with Gasteiger partial charge in [0, 0.05) is 0 Å². The van der Waals surface area contributed by atoms with Crippen LogP contribution in [0.3, 0.4) is 0 Å². The minimum atomic E-state index is 0.928. The Morgan fingerprint density at radius 3 is 2.76 bits per heavy atom. The lowest BCUT2D eigenvalue weighted by Crippen LogP contribution is -2.22. The van der Waals surface area contributed by atoms with Gasteiger partial charge in [-0.2, -0.15) is 0 Å². The van der Waals surface area contributed by atoms with Crippen LogP contribution in [0.5, 0.6) is 0 Å². The van der Waals surface area contributed by atoms with E-state index in [1.165, 1.54) is 37.7 Å². The maximum Gasteiger partial charge on any atom is -0.0193 e. The first-order valence-electron chi connectivity index (χ1n) is 7.23. The molecule has 92 valence electrons. The second kappa shape index (κ2) is 4.48. The van der Waals surface area contributed by atoms with Gasteiger partial charge in [0.1, 0.15) is 0 Å². The molecule has 3 aliphatic rings. The number of hydrogen-bond acceptors (Lipinski definition) is 0. The lowest BCUT2D eigenvalue weighted by atomic mass is 9.73. The van der Waals surface area contributed by atoms with E-state index in [1.54, 1.807) is 5.57 Å². The third-order valence-corrected chi connectivity index (χ3v) is 4.99. The first kappa shape index (κ1) is 11.3. The molecule has 17 heavy (non-hydrogen) atoms. The molecule has 0 nitrogen and oxygen atoms in total. The average molecular weight is 228 g/mol. The van der Waals surface area contributed by atoms with Gasteiger partial charge in [-0.3, -0.25) is 0 Å². The van der Waals surface area contributed by atoms with Crippen LogP contribution in [0.2, 0.25) is 0 Å². The quantitative estimate of drug-likeness (QED) is 0.603. The minimum absolute atomic E-state index is 0.928. The van der Waals surface area contributed by atoms with Gasteiger partial charge in [-0.1, -0.05) is 35.5 Å². The van der Waals surface area contributed by atoms with Crippen LogP contribution in [0.1, 0.15) is 46.0 Å². The third kappa shape index (κ3) is 2.14. The fourth-order valence-electron chi connectivity index (χ4n) is 4.12. The summed E-state index contributed by atoms with van der Waals surface area (Å²) in [6.45, 7) is 4.40. The van der Waals surface area contributed by atoms with E-state index in [1.807, 2.05) is 0 Å². The van der Waals surface area contributed by atoms with Gasteiger partial charge in [0.05, 0.1) is 0 Å². The summed E-state index contributed by atoms with van der Waals surface area (Å²) in [5.74, 6) is 3.85. The van der Waals surface area contributed by atoms with Gasteiger partial charge in [0.2, 0.25) is 0 Å². The van der Waals surface area contributed by atoms with E-state index in [9.17, 15) is 0 Å². The molecule has 0 aliphatic heterocycles. The van der Waals surface area contributed by atoms with Crippen molar-refractivity contribution in [1.82, 2.24) is 0 Å². The van der Waals surface area contributed by atoms with E-state index in [2.05, 4.69) is 38.2 Å². The molecular weight excluding hydrogens is 204 g/mol. The van der Waals surface area contributed by atoms with Crippen molar-refractivity contribution in [3.05, 3.63) is 35.5 Å². The molecule has 0 saturated heterocycles. The Kier molecular flexibility index (Phi) is 2.98. The van der Waals surface area contributed by atoms with Crippen molar-refractivity contribution in [3.8, 4) is 0 Å². The van der Waals surface area contributed by atoms with E-state index in [-0.39, 0.29) is 0 Å². The molecule has 0 aromatic carbocycles. The van der Waals surface area contributed by atoms with Crippen molar-refractivity contribution < 1.29 is 0 Å². The Hall–Kier alpha value is -0.780. The Morgan fingerprint density at radius 1 is 1.24 bits per heavy atom. The Morgan fingerprint density at radius 2 is 2.00 bits per heavy atom. The Balaban J connectivity index is 1.60. The fraction of sp³-hybridized carbons (Fsp3) is 0.647. The molecule has 0 radical (unpaired) electrons. The summed E-state index contributed by atoms with van der Waals surface area (Å²) >= 11 is 0. The van der Waals surface area contributed by atoms with Crippen molar-refractivity contribution in [2.75, 3.05) is 0 Å². The summed E-state index contributed by atoms with van der Waals surface area (Å²) in [6, 6.07) is 0. The van der Waals surface area contributed by atoms with Crippen molar-refractivity contribution in [3.63, 3.8) is 0 Å². The monoisotopic (exact) mass is 228 g/mol. The van der Waals surface area contributed by atoms with E-state index in [4.69, 9.17) is 0 Å². The highest BCUT2D eigenvalue weighted by molar-refractivity contribution is 5.21. The van der Waals surface area contributed by atoms with Gasteiger partial charge in [-0.25, -0.2) is 0 Å². The zero-order chi connectivity index (χ0) is 11.8. The predicted octanol–water partition coefficient (Wildman–Crippen LogP) is 4.89. The maximum absolute atomic E-state index is 2.56. The van der Waals surface area contributed by atoms with Gasteiger partial charge >= 0.3 is 0 Å². The van der Waals surface area contributed by atoms with Crippen LogP contribution in [0.4, 0.5) is 0 Å². The van der Waals surface area contributed by atoms with Crippen LogP contribution in [-0.4, -0.2) is 0 Å². The smallest absolute Gasteiger partial charge is 0.0193 e. The van der Waals surface area contributed by atoms with Crippen LogP contribution in [-0.2, 0) is 0 Å². The first-order chi connectivity index (χ1) is 8.24. The molecule has 4 unspecified atom stereocenters. The molecule has 1 fully saturated rings. The van der Waals surface area contributed by atoms with Gasteiger partial charge in [-0.15, -0.1) is 0 Å². The molecule has 0 N–H and O–H groups in total. The zero-order valence-electron chi connectivity index (χ0n) is 11.2. The molecular formula is C17H24. The predicted molar refractivity (Wildman–Crippen MR) is 73.7 cm³/mol. The van der Waals surface area contributed by atoms with Crippen LogP contribution in [0.15, 0.2) is 35.5 Å². The zero-order valence-corrected chi connectivity index (χ0v) is 11.2. The highest BCUT2D eigenvalue weighted by Crippen LogP contribution is 2.53. The number of fused-ring (bicyclic) bond motifs is 5. The van der Waals surface area contributed by atoms with Crippen molar-refractivity contribution in [2.24, 2.45) is 23.7 Å². The van der Waals surface area contributed by atoms with Gasteiger partial charge in [0.25, 0.3) is 0 Å². The highest BCUT2D eigenvalue weighted by atomic mass is 14.5. The molecule has 0 amide bonds. The summed E-state index contributed by atoms with van der Waals surface area (Å²) in [6.07, 6.45) is 16.7. The lowest BCUT2D eigenvalue weighted by Gasteiger charge is -2.32. The molecule has 0 aromatic rings. The minimum Gasteiger partial charge on any atom is -0.0856 e. The molecule has 2 bridgehead atoms. The normalized spacial score (nSPS) is 37.9. The Labute approximate surface area is 105 Å². The van der Waals surface area contributed by atoms with E-state index in [0.29, 0.717) is 0 Å². The summed E-state index contributed by atoms with van der Waals surface area (Å²) in [5, 5.41) is 0. The van der Waals surface area contributed by atoms with E-state index in [0.717, 1.165) is 23.7 Å². The molecule has 0 spiro atoms. The molecule has 4 atom stereocenters. The van der Waals surface area contributed by atoms with Crippen molar-refractivity contribution in [1.29, 1.82) is 0 Å². The standard InChI is InChI=1S/C17H24/c1-12(2)4-3-5-13-6-9-16-14-7-8-15(11-14)17(16)10-13/h4,6-8,14-17H,3,5,9-11H2,1-2H3. The van der Waals surface area contributed by atoms with Gasteiger partial charge < -0.3 is 0 Å². The molecule has 0 heteroatoms. The molecule has 0 heterocycles. The second-order valence-corrected chi connectivity index (χ2v) is 6.40. The number of rotatable bonds is 3.